The lowest BCUT2D eigenvalue weighted by molar-refractivity contribution is -0.121. The van der Waals surface area contributed by atoms with Crippen LogP contribution in [-0.2, 0) is 31.4 Å². The molecule has 0 aromatic carbocycles. The maximum atomic E-state index is 10.5. The third-order valence-electron chi connectivity index (χ3n) is 3.39. The van der Waals surface area contributed by atoms with E-state index >= 15 is 0 Å². The molecule has 0 radical (unpaired) electrons. The van der Waals surface area contributed by atoms with Gasteiger partial charge in [-0.05, 0) is 33.7 Å². The molecule has 0 bridgehead atoms. The van der Waals surface area contributed by atoms with Gasteiger partial charge in [0.2, 0.25) is 5.91 Å². The molecule has 0 aromatic heterocycles. The van der Waals surface area contributed by atoms with Crippen molar-refractivity contribution in [3.63, 3.8) is 0 Å². The Bertz CT molecular complexity index is 345. The minimum absolute atomic E-state index is 0.145. The van der Waals surface area contributed by atoms with Gasteiger partial charge in [-0.15, -0.1) is 0 Å². The highest BCUT2D eigenvalue weighted by molar-refractivity contribution is 6.61. The Morgan fingerprint density at radius 3 is 1.59 bits per heavy atom. The van der Waals surface area contributed by atoms with Gasteiger partial charge in [0.15, 0.2) is 0 Å². The zero-order chi connectivity index (χ0) is 21.2. The highest BCUT2D eigenvalue weighted by Gasteiger charge is 2.39. The topological polar surface area (TPSA) is 124 Å². The lowest BCUT2D eigenvalue weighted by Gasteiger charge is -2.28. The van der Waals surface area contributed by atoms with Crippen LogP contribution in [0.15, 0.2) is 0 Å². The van der Waals surface area contributed by atoms with Gasteiger partial charge in [-0.25, -0.2) is 0 Å². The van der Waals surface area contributed by atoms with Crippen molar-refractivity contribution in [1.29, 1.82) is 0 Å². The van der Waals surface area contributed by atoms with E-state index in [4.69, 9.17) is 38.0 Å². The van der Waals surface area contributed by atoms with Crippen molar-refractivity contribution in [2.24, 2.45) is 11.5 Å². The molecule has 0 aliphatic heterocycles. The minimum atomic E-state index is -2.61. The molecule has 0 aromatic rings. The molecule has 0 saturated heterocycles. The van der Waals surface area contributed by atoms with Crippen LogP contribution in [0.1, 0.15) is 40.5 Å². The Hall–Kier alpha value is -0.376. The van der Waals surface area contributed by atoms with E-state index in [1.807, 2.05) is 27.7 Å². The molecule has 9 nitrogen and oxygen atoms in total. The summed E-state index contributed by atoms with van der Waals surface area (Å²) >= 11 is 0. The Kier molecular flexibility index (Phi) is 18.9. The largest absolute Gasteiger partial charge is 0.500 e. The van der Waals surface area contributed by atoms with Crippen LogP contribution in [0.3, 0.4) is 0 Å². The Labute approximate surface area is 166 Å². The van der Waals surface area contributed by atoms with Crippen LogP contribution < -0.4 is 11.5 Å². The summed E-state index contributed by atoms with van der Waals surface area (Å²) in [6.45, 7) is 10.3. The van der Waals surface area contributed by atoms with E-state index in [-0.39, 0.29) is 6.61 Å². The van der Waals surface area contributed by atoms with E-state index in [0.29, 0.717) is 32.4 Å². The number of hydrogen-bond acceptors (Lipinski definition) is 8. The number of primary amides is 1. The average molecular weight is 429 g/mol. The minimum Gasteiger partial charge on any atom is -0.377 e. The second kappa shape index (κ2) is 17.7. The summed E-state index contributed by atoms with van der Waals surface area (Å²) in [7, 11) is -1.96. The lowest BCUT2D eigenvalue weighted by atomic mass is 10.5. The first-order chi connectivity index (χ1) is 12.8. The van der Waals surface area contributed by atoms with Gasteiger partial charge >= 0.3 is 17.6 Å². The van der Waals surface area contributed by atoms with Crippen LogP contribution in [0, 0.1) is 0 Å². The van der Waals surface area contributed by atoms with Gasteiger partial charge in [0, 0.05) is 46.1 Å². The van der Waals surface area contributed by atoms with Crippen molar-refractivity contribution in [3.05, 3.63) is 0 Å². The Morgan fingerprint density at radius 1 is 0.815 bits per heavy atom. The molecule has 0 unspecified atom stereocenters. The molecule has 4 N–H and O–H groups in total. The Balaban J connectivity index is 0. The maximum absolute atomic E-state index is 10.5. The molecular weight excluding hydrogens is 388 g/mol. The SMILES string of the molecule is CCC[Si](OC)(OC)OCC(N)=O.CCO[Si](CCCN)(OCC)OCC. The van der Waals surface area contributed by atoms with Gasteiger partial charge in [0.25, 0.3) is 0 Å². The quantitative estimate of drug-likeness (QED) is 0.354. The third-order valence-corrected chi connectivity index (χ3v) is 9.48. The van der Waals surface area contributed by atoms with Gasteiger partial charge in [-0.3, -0.25) is 4.79 Å². The summed E-state index contributed by atoms with van der Waals surface area (Å²) in [6.07, 6.45) is 1.78. The number of nitrogens with two attached hydrogens (primary N) is 2. The van der Waals surface area contributed by atoms with Gasteiger partial charge in [-0.2, -0.15) is 0 Å². The van der Waals surface area contributed by atoms with Crippen LogP contribution >= 0.6 is 0 Å². The summed E-state index contributed by atoms with van der Waals surface area (Å²) in [5.41, 5.74) is 10.4. The van der Waals surface area contributed by atoms with Crippen molar-refractivity contribution < 1.29 is 31.4 Å². The lowest BCUT2D eigenvalue weighted by Crippen LogP contribution is -2.46. The van der Waals surface area contributed by atoms with E-state index in [2.05, 4.69) is 0 Å². The zero-order valence-electron chi connectivity index (χ0n) is 17.9. The highest BCUT2D eigenvalue weighted by atomic mass is 28.4. The number of amides is 1. The summed E-state index contributed by atoms with van der Waals surface area (Å²) < 4.78 is 32.5. The molecular formula is C16H40N2O7Si2. The number of carbonyl (C=O) groups is 1. The van der Waals surface area contributed by atoms with E-state index in [1.54, 1.807) is 0 Å². The summed E-state index contributed by atoms with van der Waals surface area (Å²) in [4.78, 5) is 10.5. The predicted octanol–water partition coefficient (Wildman–Crippen LogP) is 1.51. The molecule has 0 fully saturated rings. The molecule has 0 heterocycles. The standard InChI is InChI=1S/C9H23NO3Si.C7H17NO4Si/c1-4-11-14(12-5-2,13-6-3)9-7-8-10;1-4-5-13(10-2,11-3)12-6-7(8)9/h4-10H2,1-3H3;4-6H2,1-3H3,(H2,8,9). The van der Waals surface area contributed by atoms with Crippen LogP contribution in [0.25, 0.3) is 0 Å². The normalized spacial score (nSPS) is 11.8. The van der Waals surface area contributed by atoms with Crippen molar-refractivity contribution >= 4 is 23.5 Å². The predicted molar refractivity (Wildman–Crippen MR) is 109 cm³/mol. The molecule has 0 saturated carbocycles. The molecule has 0 spiro atoms. The first kappa shape index (κ1) is 28.8. The first-order valence-electron chi connectivity index (χ1n) is 9.49. The summed E-state index contributed by atoms with van der Waals surface area (Å²) in [6, 6.07) is 1.51. The van der Waals surface area contributed by atoms with E-state index in [9.17, 15) is 4.79 Å². The number of hydrogen-bond donors (Lipinski definition) is 2. The number of carbonyl (C=O) groups excluding carboxylic acids is 1. The molecule has 1 amide bonds. The smallest absolute Gasteiger partial charge is 0.377 e. The Morgan fingerprint density at radius 2 is 1.30 bits per heavy atom. The third kappa shape index (κ3) is 13.4. The molecule has 0 rings (SSSR count). The first-order valence-corrected chi connectivity index (χ1v) is 13.3. The van der Waals surface area contributed by atoms with Crippen LogP contribution in [-0.4, -0.2) is 70.7 Å². The molecule has 27 heavy (non-hydrogen) atoms. The summed E-state index contributed by atoms with van der Waals surface area (Å²) in [5, 5.41) is 0. The second-order valence-electron chi connectivity index (χ2n) is 5.47. The van der Waals surface area contributed by atoms with Crippen molar-refractivity contribution in [2.45, 2.75) is 52.6 Å². The van der Waals surface area contributed by atoms with Crippen LogP contribution in [0.5, 0.6) is 0 Å². The second-order valence-corrected chi connectivity index (χ2v) is 11.2. The molecule has 0 aliphatic carbocycles. The molecule has 0 aliphatic rings. The van der Waals surface area contributed by atoms with Gasteiger partial charge in [-0.1, -0.05) is 13.3 Å². The fourth-order valence-corrected chi connectivity index (χ4v) is 6.85. The number of rotatable bonds is 16. The van der Waals surface area contributed by atoms with Crippen molar-refractivity contribution in [3.8, 4) is 0 Å². The van der Waals surface area contributed by atoms with E-state index < -0.39 is 23.5 Å². The molecule has 0 atom stereocenters. The molecule has 11 heteroatoms. The molecule has 164 valence electrons. The monoisotopic (exact) mass is 428 g/mol. The van der Waals surface area contributed by atoms with Crippen LogP contribution in [0.4, 0.5) is 0 Å². The van der Waals surface area contributed by atoms with Gasteiger partial charge in [0.05, 0.1) is 0 Å². The average Bonchev–Trinajstić information content (AvgIpc) is 2.65. The van der Waals surface area contributed by atoms with Crippen LogP contribution in [0.2, 0.25) is 12.1 Å². The van der Waals surface area contributed by atoms with Crippen molar-refractivity contribution in [2.75, 3.05) is 47.2 Å². The highest BCUT2D eigenvalue weighted by Crippen LogP contribution is 2.17. The fourth-order valence-electron chi connectivity index (χ4n) is 2.28. The summed E-state index contributed by atoms with van der Waals surface area (Å²) in [5.74, 6) is -0.512. The van der Waals surface area contributed by atoms with Gasteiger partial charge in [0.1, 0.15) is 6.61 Å². The zero-order valence-corrected chi connectivity index (χ0v) is 19.9. The van der Waals surface area contributed by atoms with Gasteiger partial charge < -0.3 is 38.0 Å². The fraction of sp³-hybridized carbons (Fsp3) is 0.938. The van der Waals surface area contributed by atoms with E-state index in [0.717, 1.165) is 18.9 Å². The van der Waals surface area contributed by atoms with Crippen molar-refractivity contribution in [1.82, 2.24) is 0 Å². The maximum Gasteiger partial charge on any atom is 0.500 e. The van der Waals surface area contributed by atoms with E-state index in [1.165, 1.54) is 14.2 Å².